The van der Waals surface area contributed by atoms with Gasteiger partial charge in [0.05, 0.1) is 0 Å². The summed E-state index contributed by atoms with van der Waals surface area (Å²) >= 11 is 0. The van der Waals surface area contributed by atoms with E-state index in [9.17, 15) is 4.79 Å². The number of rotatable bonds is 4. The Kier molecular flexibility index (Phi) is 3.65. The maximum atomic E-state index is 11.1. The van der Waals surface area contributed by atoms with Gasteiger partial charge in [-0.05, 0) is 24.1 Å². The van der Waals surface area contributed by atoms with Crippen LogP contribution in [0.1, 0.15) is 25.0 Å². The van der Waals surface area contributed by atoms with Gasteiger partial charge in [-0.15, -0.1) is 0 Å². The Morgan fingerprint density at radius 1 is 1.56 bits per heavy atom. The molecule has 88 valence electrons. The van der Waals surface area contributed by atoms with Gasteiger partial charge in [0, 0.05) is 24.9 Å². The van der Waals surface area contributed by atoms with Crippen LogP contribution in [0.3, 0.4) is 0 Å². The first kappa shape index (κ1) is 12.6. The highest BCUT2D eigenvalue weighted by Gasteiger charge is 2.38. The molecule has 0 aromatic carbocycles. The Hall–Kier alpha value is -1.42. The quantitative estimate of drug-likeness (QED) is 0.845. The Bertz CT molecular complexity index is 388. The first-order valence-corrected chi connectivity index (χ1v) is 5.08. The summed E-state index contributed by atoms with van der Waals surface area (Å²) in [7, 11) is 1.41. The fraction of sp³-hybridized carbons (Fsp3) is 0.500. The lowest BCUT2D eigenvalue weighted by Crippen LogP contribution is -2.42. The highest BCUT2D eigenvalue weighted by atomic mass is 16.5. The number of aliphatic carboxylic acids is 1. The zero-order valence-electron chi connectivity index (χ0n) is 10.0. The number of aromatic nitrogens is 1. The third kappa shape index (κ3) is 2.22. The predicted molar refractivity (Wildman–Crippen MR) is 60.4 cm³/mol. The molecule has 0 saturated carbocycles. The van der Waals surface area contributed by atoms with E-state index in [4.69, 9.17) is 9.84 Å². The standard InChI is InChI=1S/C12H17NO3/c1-8-5-6-13-7-9(8)12(2,3)10(16-4)11(14)15/h5-7,10H,1-4H3,(H,14,15). The van der Waals surface area contributed by atoms with E-state index < -0.39 is 17.5 Å². The van der Waals surface area contributed by atoms with Gasteiger partial charge >= 0.3 is 5.97 Å². The molecule has 0 aliphatic rings. The van der Waals surface area contributed by atoms with Crippen molar-refractivity contribution < 1.29 is 14.6 Å². The number of ether oxygens (including phenoxy) is 1. The molecule has 1 heterocycles. The molecule has 0 radical (unpaired) electrons. The maximum absolute atomic E-state index is 11.1. The maximum Gasteiger partial charge on any atom is 0.333 e. The lowest BCUT2D eigenvalue weighted by Gasteiger charge is -2.31. The van der Waals surface area contributed by atoms with E-state index in [1.54, 1.807) is 12.4 Å². The first-order chi connectivity index (χ1) is 7.41. The molecule has 1 N–H and O–H groups in total. The Morgan fingerprint density at radius 3 is 2.62 bits per heavy atom. The number of carboxylic acids is 1. The smallest absolute Gasteiger partial charge is 0.333 e. The van der Waals surface area contributed by atoms with Crippen LogP contribution in [0.5, 0.6) is 0 Å². The fourth-order valence-electron chi connectivity index (χ4n) is 1.98. The molecule has 0 bridgehead atoms. The molecule has 1 atom stereocenters. The van der Waals surface area contributed by atoms with Crippen molar-refractivity contribution in [3.05, 3.63) is 29.6 Å². The molecule has 4 nitrogen and oxygen atoms in total. The summed E-state index contributed by atoms with van der Waals surface area (Å²) in [6, 6.07) is 1.87. The minimum Gasteiger partial charge on any atom is -0.479 e. The monoisotopic (exact) mass is 223 g/mol. The van der Waals surface area contributed by atoms with Crippen molar-refractivity contribution >= 4 is 5.97 Å². The van der Waals surface area contributed by atoms with E-state index in [1.807, 2.05) is 26.8 Å². The van der Waals surface area contributed by atoms with Crippen LogP contribution >= 0.6 is 0 Å². The van der Waals surface area contributed by atoms with E-state index >= 15 is 0 Å². The molecule has 0 aliphatic heterocycles. The SMILES string of the molecule is COC(C(=O)O)C(C)(C)c1cnccc1C. The molecule has 1 rings (SSSR count). The van der Waals surface area contributed by atoms with Crippen LogP contribution in [-0.2, 0) is 14.9 Å². The zero-order chi connectivity index (χ0) is 12.3. The first-order valence-electron chi connectivity index (χ1n) is 5.08. The summed E-state index contributed by atoms with van der Waals surface area (Å²) < 4.78 is 5.06. The number of methoxy groups -OCH3 is 1. The van der Waals surface area contributed by atoms with Crippen LogP contribution in [-0.4, -0.2) is 29.3 Å². The Balaban J connectivity index is 3.19. The summed E-state index contributed by atoms with van der Waals surface area (Å²) in [5.74, 6) is -0.962. The van der Waals surface area contributed by atoms with Gasteiger partial charge in [-0.1, -0.05) is 13.8 Å². The second kappa shape index (κ2) is 4.61. The van der Waals surface area contributed by atoms with Crippen molar-refractivity contribution in [1.82, 2.24) is 4.98 Å². The van der Waals surface area contributed by atoms with Crippen molar-refractivity contribution in [2.45, 2.75) is 32.3 Å². The molecule has 1 unspecified atom stereocenters. The van der Waals surface area contributed by atoms with Crippen LogP contribution in [0.15, 0.2) is 18.5 Å². The molecule has 0 saturated heterocycles. The van der Waals surface area contributed by atoms with Crippen molar-refractivity contribution in [3.63, 3.8) is 0 Å². The van der Waals surface area contributed by atoms with Crippen LogP contribution in [0.4, 0.5) is 0 Å². The summed E-state index contributed by atoms with van der Waals surface area (Å²) in [5, 5.41) is 9.12. The van der Waals surface area contributed by atoms with E-state index in [2.05, 4.69) is 4.98 Å². The van der Waals surface area contributed by atoms with Gasteiger partial charge in [-0.2, -0.15) is 0 Å². The number of carbonyl (C=O) groups is 1. The third-order valence-electron chi connectivity index (χ3n) is 2.85. The molecule has 1 aromatic rings. The Morgan fingerprint density at radius 2 is 2.19 bits per heavy atom. The van der Waals surface area contributed by atoms with Gasteiger partial charge in [0.25, 0.3) is 0 Å². The molecular weight excluding hydrogens is 206 g/mol. The van der Waals surface area contributed by atoms with Crippen molar-refractivity contribution in [2.24, 2.45) is 0 Å². The van der Waals surface area contributed by atoms with E-state index in [0.717, 1.165) is 11.1 Å². The number of carboxylic acid groups (broad SMARTS) is 1. The van der Waals surface area contributed by atoms with Gasteiger partial charge in [0.15, 0.2) is 6.10 Å². The van der Waals surface area contributed by atoms with Crippen LogP contribution in [0.2, 0.25) is 0 Å². The fourth-order valence-corrected chi connectivity index (χ4v) is 1.98. The van der Waals surface area contributed by atoms with Gasteiger partial charge in [-0.25, -0.2) is 4.79 Å². The minimum absolute atomic E-state index is 0.612. The molecule has 0 fully saturated rings. The van der Waals surface area contributed by atoms with E-state index in [1.165, 1.54) is 7.11 Å². The largest absolute Gasteiger partial charge is 0.479 e. The summed E-state index contributed by atoms with van der Waals surface area (Å²) in [6.45, 7) is 5.63. The van der Waals surface area contributed by atoms with Crippen molar-refractivity contribution in [3.8, 4) is 0 Å². The second-order valence-corrected chi connectivity index (χ2v) is 4.37. The van der Waals surface area contributed by atoms with Crippen LogP contribution < -0.4 is 0 Å². The summed E-state index contributed by atoms with van der Waals surface area (Å²) in [4.78, 5) is 15.2. The average molecular weight is 223 g/mol. The summed E-state index contributed by atoms with van der Waals surface area (Å²) in [6.07, 6.45) is 2.51. The Labute approximate surface area is 95.3 Å². The number of aryl methyl sites for hydroxylation is 1. The van der Waals surface area contributed by atoms with Gasteiger partial charge < -0.3 is 9.84 Å². The highest BCUT2D eigenvalue weighted by molar-refractivity contribution is 5.74. The highest BCUT2D eigenvalue weighted by Crippen LogP contribution is 2.30. The summed E-state index contributed by atoms with van der Waals surface area (Å²) in [5.41, 5.74) is 1.30. The number of hydrogen-bond acceptors (Lipinski definition) is 3. The molecule has 4 heteroatoms. The molecular formula is C12H17NO3. The van der Waals surface area contributed by atoms with E-state index in [0.29, 0.717) is 0 Å². The number of hydrogen-bond donors (Lipinski definition) is 1. The number of pyridine rings is 1. The third-order valence-corrected chi connectivity index (χ3v) is 2.85. The topological polar surface area (TPSA) is 59.4 Å². The average Bonchev–Trinajstić information content (AvgIpc) is 2.17. The lowest BCUT2D eigenvalue weighted by atomic mass is 9.78. The molecule has 1 aromatic heterocycles. The van der Waals surface area contributed by atoms with Crippen molar-refractivity contribution in [2.75, 3.05) is 7.11 Å². The molecule has 0 amide bonds. The number of nitrogens with zero attached hydrogens (tertiary/aromatic N) is 1. The van der Waals surface area contributed by atoms with Gasteiger partial charge in [0.2, 0.25) is 0 Å². The predicted octanol–water partition coefficient (Wildman–Crippen LogP) is 1.77. The second-order valence-electron chi connectivity index (χ2n) is 4.37. The molecule has 0 spiro atoms. The molecule has 0 aliphatic carbocycles. The zero-order valence-corrected chi connectivity index (χ0v) is 10.0. The normalized spacial score (nSPS) is 13.5. The van der Waals surface area contributed by atoms with Crippen molar-refractivity contribution in [1.29, 1.82) is 0 Å². The van der Waals surface area contributed by atoms with Gasteiger partial charge in [-0.3, -0.25) is 4.98 Å². The molecule has 16 heavy (non-hydrogen) atoms. The van der Waals surface area contributed by atoms with Crippen LogP contribution in [0.25, 0.3) is 0 Å². The van der Waals surface area contributed by atoms with E-state index in [-0.39, 0.29) is 0 Å². The van der Waals surface area contributed by atoms with Gasteiger partial charge in [0.1, 0.15) is 0 Å². The van der Waals surface area contributed by atoms with Crippen LogP contribution in [0, 0.1) is 6.92 Å². The minimum atomic E-state index is -0.962. The lowest BCUT2D eigenvalue weighted by molar-refractivity contribution is -0.152.